The summed E-state index contributed by atoms with van der Waals surface area (Å²) in [6.07, 6.45) is 0.887. The summed E-state index contributed by atoms with van der Waals surface area (Å²) in [5.41, 5.74) is 0.462. The van der Waals surface area contributed by atoms with Crippen molar-refractivity contribution >= 4 is 11.6 Å². The molecule has 8 heteroatoms. The Morgan fingerprint density at radius 2 is 1.97 bits per heavy atom. The third kappa shape index (κ3) is 6.54. The lowest BCUT2D eigenvalue weighted by atomic mass is 10.1. The van der Waals surface area contributed by atoms with Gasteiger partial charge in [-0.1, -0.05) is 6.92 Å². The van der Waals surface area contributed by atoms with Crippen molar-refractivity contribution in [1.29, 1.82) is 0 Å². The number of aliphatic imine (C=N–C) groups is 1. The second-order valence-electron chi connectivity index (χ2n) is 8.60. The molecular weight excluding hydrogens is 386 g/mol. The van der Waals surface area contributed by atoms with E-state index in [0.29, 0.717) is 18.2 Å². The van der Waals surface area contributed by atoms with Gasteiger partial charge in [0.25, 0.3) is 0 Å². The number of piperazine rings is 1. The first-order chi connectivity index (χ1) is 14.4. The molecule has 2 atom stereocenters. The zero-order valence-electron chi connectivity index (χ0n) is 18.5. The molecule has 2 heterocycles. The molecular formula is C22H36F2N6. The first kappa shape index (κ1) is 22.7. The average molecular weight is 423 g/mol. The van der Waals surface area contributed by atoms with Crippen LogP contribution in [0.4, 0.5) is 14.5 Å². The fraction of sp³-hybridized carbons (Fsp3) is 0.682. The first-order valence-electron chi connectivity index (χ1n) is 11.1. The van der Waals surface area contributed by atoms with E-state index in [9.17, 15) is 8.78 Å². The van der Waals surface area contributed by atoms with Crippen molar-refractivity contribution < 1.29 is 8.78 Å². The average Bonchev–Trinajstić information content (AvgIpc) is 3.16. The number of halogens is 2. The second-order valence-corrected chi connectivity index (χ2v) is 8.60. The van der Waals surface area contributed by atoms with Crippen LogP contribution in [0.15, 0.2) is 23.2 Å². The quantitative estimate of drug-likeness (QED) is 0.520. The molecule has 2 aliphatic heterocycles. The van der Waals surface area contributed by atoms with E-state index in [0.717, 1.165) is 70.8 Å². The highest BCUT2D eigenvalue weighted by Gasteiger charge is 2.25. The SMILES string of the molecule is CCNC(=NCC(C)CN1CCN(C)CC1)NC1CCN(c2ccc(F)cc2F)C1. The van der Waals surface area contributed by atoms with E-state index in [2.05, 4.69) is 41.3 Å². The van der Waals surface area contributed by atoms with Gasteiger partial charge in [0.2, 0.25) is 0 Å². The molecule has 3 rings (SSSR count). The third-order valence-electron chi connectivity index (χ3n) is 5.85. The van der Waals surface area contributed by atoms with Crippen LogP contribution in [0.5, 0.6) is 0 Å². The van der Waals surface area contributed by atoms with Crippen molar-refractivity contribution in [1.82, 2.24) is 20.4 Å². The molecule has 0 amide bonds. The molecule has 2 fully saturated rings. The van der Waals surface area contributed by atoms with Crippen LogP contribution in [0.2, 0.25) is 0 Å². The molecule has 0 aromatic heterocycles. The Bertz CT molecular complexity index is 705. The fourth-order valence-corrected chi connectivity index (χ4v) is 4.12. The topological polar surface area (TPSA) is 46.1 Å². The van der Waals surface area contributed by atoms with Gasteiger partial charge in [0.05, 0.1) is 5.69 Å². The molecule has 168 valence electrons. The molecule has 0 saturated carbocycles. The van der Waals surface area contributed by atoms with E-state index >= 15 is 0 Å². The van der Waals surface area contributed by atoms with Crippen molar-refractivity contribution in [2.75, 3.05) is 70.9 Å². The minimum absolute atomic E-state index is 0.181. The highest BCUT2D eigenvalue weighted by atomic mass is 19.1. The Hall–Kier alpha value is -1.93. The lowest BCUT2D eigenvalue weighted by Gasteiger charge is -2.33. The summed E-state index contributed by atoms with van der Waals surface area (Å²) in [5, 5.41) is 6.82. The number of hydrogen-bond donors (Lipinski definition) is 2. The maximum absolute atomic E-state index is 14.1. The van der Waals surface area contributed by atoms with E-state index in [4.69, 9.17) is 4.99 Å². The van der Waals surface area contributed by atoms with Crippen molar-refractivity contribution in [3.8, 4) is 0 Å². The lowest BCUT2D eigenvalue weighted by molar-refractivity contribution is 0.140. The van der Waals surface area contributed by atoms with E-state index in [1.54, 1.807) is 0 Å². The molecule has 0 radical (unpaired) electrons. The maximum Gasteiger partial charge on any atom is 0.191 e. The molecule has 0 bridgehead atoms. The summed E-state index contributed by atoms with van der Waals surface area (Å²) in [6.45, 7) is 12.9. The van der Waals surface area contributed by atoms with Crippen LogP contribution < -0.4 is 15.5 Å². The minimum atomic E-state index is -0.544. The number of nitrogens with zero attached hydrogens (tertiary/aromatic N) is 4. The van der Waals surface area contributed by atoms with Crippen molar-refractivity contribution in [2.24, 2.45) is 10.9 Å². The molecule has 2 unspecified atom stereocenters. The molecule has 2 N–H and O–H groups in total. The molecule has 2 aliphatic rings. The van der Waals surface area contributed by atoms with Crippen LogP contribution in [0.3, 0.4) is 0 Å². The normalized spacial score (nSPS) is 22.4. The number of guanidine groups is 1. The van der Waals surface area contributed by atoms with Gasteiger partial charge >= 0.3 is 0 Å². The predicted molar refractivity (Wildman–Crippen MR) is 119 cm³/mol. The second kappa shape index (κ2) is 10.9. The van der Waals surface area contributed by atoms with Gasteiger partial charge in [-0.25, -0.2) is 8.78 Å². The Morgan fingerprint density at radius 3 is 2.67 bits per heavy atom. The van der Waals surface area contributed by atoms with E-state index in [-0.39, 0.29) is 6.04 Å². The standard InChI is InChI=1S/C22H36F2N6/c1-4-25-22(26-14-17(2)15-29-11-9-28(3)10-12-29)27-19-7-8-30(16-19)21-6-5-18(23)13-20(21)24/h5-6,13,17,19H,4,7-12,14-16H2,1-3H3,(H2,25,26,27). The Morgan fingerprint density at radius 1 is 1.20 bits per heavy atom. The molecule has 6 nitrogen and oxygen atoms in total. The van der Waals surface area contributed by atoms with Gasteiger partial charge in [0.1, 0.15) is 11.6 Å². The zero-order valence-corrected chi connectivity index (χ0v) is 18.5. The summed E-state index contributed by atoms with van der Waals surface area (Å²) < 4.78 is 27.3. The maximum atomic E-state index is 14.1. The van der Waals surface area contributed by atoms with Crippen LogP contribution >= 0.6 is 0 Å². The highest BCUT2D eigenvalue weighted by molar-refractivity contribution is 5.80. The zero-order chi connectivity index (χ0) is 21.5. The van der Waals surface area contributed by atoms with Crippen molar-refractivity contribution in [2.45, 2.75) is 26.3 Å². The molecule has 1 aromatic carbocycles. The Balaban J connectivity index is 1.49. The summed E-state index contributed by atoms with van der Waals surface area (Å²) >= 11 is 0. The van der Waals surface area contributed by atoms with Crippen LogP contribution in [-0.4, -0.2) is 87.8 Å². The molecule has 30 heavy (non-hydrogen) atoms. The first-order valence-corrected chi connectivity index (χ1v) is 11.1. The lowest BCUT2D eigenvalue weighted by Crippen LogP contribution is -2.46. The Labute approximate surface area is 179 Å². The fourth-order valence-electron chi connectivity index (χ4n) is 4.12. The number of likely N-dealkylation sites (N-methyl/N-ethyl adjacent to an activating group) is 1. The van der Waals surface area contributed by atoms with Crippen molar-refractivity contribution in [3.63, 3.8) is 0 Å². The summed E-state index contributed by atoms with van der Waals surface area (Å²) in [5.74, 6) is 0.248. The monoisotopic (exact) mass is 422 g/mol. The van der Waals surface area contributed by atoms with Gasteiger partial charge in [-0.2, -0.15) is 0 Å². The highest BCUT2D eigenvalue weighted by Crippen LogP contribution is 2.24. The molecule has 0 aliphatic carbocycles. The summed E-state index contributed by atoms with van der Waals surface area (Å²) in [6, 6.07) is 3.96. The largest absolute Gasteiger partial charge is 0.367 e. The summed E-state index contributed by atoms with van der Waals surface area (Å²) in [7, 11) is 2.17. The van der Waals surface area contributed by atoms with Crippen LogP contribution in [0.25, 0.3) is 0 Å². The number of anilines is 1. The number of hydrogen-bond acceptors (Lipinski definition) is 4. The van der Waals surface area contributed by atoms with Gasteiger partial charge in [-0.3, -0.25) is 4.99 Å². The van der Waals surface area contributed by atoms with Gasteiger partial charge in [-0.15, -0.1) is 0 Å². The minimum Gasteiger partial charge on any atom is -0.367 e. The number of benzene rings is 1. The van der Waals surface area contributed by atoms with E-state index < -0.39 is 11.6 Å². The predicted octanol–water partition coefficient (Wildman–Crippen LogP) is 1.98. The van der Waals surface area contributed by atoms with E-state index in [1.165, 1.54) is 12.1 Å². The van der Waals surface area contributed by atoms with Gasteiger partial charge in [-0.05, 0) is 38.4 Å². The van der Waals surface area contributed by atoms with Gasteiger partial charge in [0.15, 0.2) is 5.96 Å². The number of rotatable bonds is 7. The smallest absolute Gasteiger partial charge is 0.191 e. The van der Waals surface area contributed by atoms with Gasteiger partial charge < -0.3 is 25.3 Å². The summed E-state index contributed by atoms with van der Waals surface area (Å²) in [4.78, 5) is 11.7. The van der Waals surface area contributed by atoms with Gasteiger partial charge in [0, 0.05) is 71.0 Å². The third-order valence-corrected chi connectivity index (χ3v) is 5.85. The number of nitrogens with one attached hydrogen (secondary N) is 2. The molecule has 2 saturated heterocycles. The Kier molecular flexibility index (Phi) is 8.27. The van der Waals surface area contributed by atoms with Crippen LogP contribution in [-0.2, 0) is 0 Å². The van der Waals surface area contributed by atoms with Crippen LogP contribution in [0, 0.1) is 17.6 Å². The molecule has 0 spiro atoms. The van der Waals surface area contributed by atoms with Crippen LogP contribution in [0.1, 0.15) is 20.3 Å². The van der Waals surface area contributed by atoms with E-state index in [1.807, 2.05) is 4.90 Å². The molecule has 1 aromatic rings. The van der Waals surface area contributed by atoms with Crippen molar-refractivity contribution in [3.05, 3.63) is 29.8 Å².